The van der Waals surface area contributed by atoms with E-state index in [-0.39, 0.29) is 12.5 Å². The van der Waals surface area contributed by atoms with Crippen molar-refractivity contribution in [2.75, 3.05) is 52.5 Å². The Bertz CT molecular complexity index is 345. The number of carbonyl (C=O) groups excluding carboxylic acids is 1. The molecule has 2 atom stereocenters. The highest BCUT2D eigenvalue weighted by Gasteiger charge is 2.55. The van der Waals surface area contributed by atoms with E-state index in [1.807, 2.05) is 4.90 Å². The molecule has 1 heterocycles. The zero-order chi connectivity index (χ0) is 14.7. The number of nitrogens with zero attached hydrogens (tertiary/aromatic N) is 2. The summed E-state index contributed by atoms with van der Waals surface area (Å²) in [5.74, 6) is 1.87. The molecule has 2 saturated carbocycles. The normalized spacial score (nSPS) is 32.5. The van der Waals surface area contributed by atoms with Crippen LogP contribution in [0.3, 0.4) is 0 Å². The molecule has 0 radical (unpaired) electrons. The van der Waals surface area contributed by atoms with Crippen LogP contribution in [0.4, 0.5) is 0 Å². The van der Waals surface area contributed by atoms with Crippen molar-refractivity contribution >= 4 is 5.91 Å². The molecule has 5 heteroatoms. The van der Waals surface area contributed by atoms with Crippen LogP contribution in [0.25, 0.3) is 0 Å². The Hall–Kier alpha value is -0.650. The summed E-state index contributed by atoms with van der Waals surface area (Å²) in [5.41, 5.74) is 0. The number of ether oxygens (including phenoxy) is 1. The molecule has 0 bridgehead atoms. The highest BCUT2D eigenvalue weighted by atomic mass is 16.5. The highest BCUT2D eigenvalue weighted by molar-refractivity contribution is 5.82. The van der Waals surface area contributed by atoms with E-state index >= 15 is 0 Å². The topological polar surface area (TPSA) is 53.0 Å². The second-order valence-electron chi connectivity index (χ2n) is 6.64. The van der Waals surface area contributed by atoms with Gasteiger partial charge in [-0.15, -0.1) is 0 Å². The number of carbonyl (C=O) groups is 1. The zero-order valence-corrected chi connectivity index (χ0v) is 12.9. The van der Waals surface area contributed by atoms with Gasteiger partial charge in [0, 0.05) is 38.6 Å². The fraction of sp³-hybridized carbons (Fsp3) is 0.938. The summed E-state index contributed by atoms with van der Waals surface area (Å²) in [6.07, 6.45) is 5.05. The summed E-state index contributed by atoms with van der Waals surface area (Å²) in [5, 5.41) is 9.26. The Morgan fingerprint density at radius 1 is 1.14 bits per heavy atom. The van der Waals surface area contributed by atoms with E-state index in [4.69, 9.17) is 4.74 Å². The van der Waals surface area contributed by atoms with Crippen molar-refractivity contribution in [1.82, 2.24) is 9.80 Å². The Morgan fingerprint density at radius 3 is 2.43 bits per heavy atom. The van der Waals surface area contributed by atoms with Crippen molar-refractivity contribution in [1.29, 1.82) is 0 Å². The maximum Gasteiger partial charge on any atom is 0.226 e. The number of aliphatic hydroxyl groups is 1. The number of aliphatic hydroxyl groups excluding tert-OH is 1. The summed E-state index contributed by atoms with van der Waals surface area (Å²) in [4.78, 5) is 17.0. The van der Waals surface area contributed by atoms with Crippen molar-refractivity contribution in [3.8, 4) is 0 Å². The molecule has 0 unspecified atom stereocenters. The average Bonchev–Trinajstić information content (AvgIpc) is 3.26. The molecule has 5 nitrogen and oxygen atoms in total. The second kappa shape index (κ2) is 7.07. The van der Waals surface area contributed by atoms with E-state index < -0.39 is 0 Å². The van der Waals surface area contributed by atoms with Crippen LogP contribution < -0.4 is 0 Å². The molecular weight excluding hydrogens is 268 g/mol. The zero-order valence-electron chi connectivity index (χ0n) is 12.9. The van der Waals surface area contributed by atoms with E-state index in [2.05, 4.69) is 4.90 Å². The molecule has 3 aliphatic rings. The number of rotatable bonds is 6. The lowest BCUT2D eigenvalue weighted by Gasteiger charge is -2.30. The number of fused-ring (bicyclic) bond motifs is 1. The van der Waals surface area contributed by atoms with Crippen LogP contribution in [0.5, 0.6) is 0 Å². The SMILES string of the molecule is O=C(C1[C@@H]2CCCC[C@@H]12)N(CCO)CCN1CCOCC1. The first-order chi connectivity index (χ1) is 10.3. The van der Waals surface area contributed by atoms with Gasteiger partial charge in [-0.3, -0.25) is 9.69 Å². The Labute approximate surface area is 127 Å². The fourth-order valence-corrected chi connectivity index (χ4v) is 4.11. The summed E-state index contributed by atoms with van der Waals surface area (Å²) in [7, 11) is 0. The first kappa shape index (κ1) is 15.3. The minimum absolute atomic E-state index is 0.0664. The molecule has 0 aromatic heterocycles. The van der Waals surface area contributed by atoms with Gasteiger partial charge in [-0.05, 0) is 24.7 Å². The molecule has 0 spiro atoms. The molecule has 1 saturated heterocycles. The van der Waals surface area contributed by atoms with E-state index in [1.54, 1.807) is 0 Å². The van der Waals surface area contributed by atoms with Gasteiger partial charge >= 0.3 is 0 Å². The predicted octanol–water partition coefficient (Wildman–Crippen LogP) is 0.576. The van der Waals surface area contributed by atoms with Gasteiger partial charge in [-0.25, -0.2) is 0 Å². The van der Waals surface area contributed by atoms with Crippen LogP contribution in [-0.4, -0.2) is 73.4 Å². The summed E-state index contributed by atoms with van der Waals surface area (Å²) >= 11 is 0. The van der Waals surface area contributed by atoms with E-state index in [0.717, 1.165) is 39.4 Å². The Kier molecular flexibility index (Phi) is 5.14. The van der Waals surface area contributed by atoms with Crippen LogP contribution in [-0.2, 0) is 9.53 Å². The van der Waals surface area contributed by atoms with Crippen molar-refractivity contribution in [3.05, 3.63) is 0 Å². The van der Waals surface area contributed by atoms with Crippen molar-refractivity contribution in [3.63, 3.8) is 0 Å². The number of morpholine rings is 1. The average molecular weight is 296 g/mol. The maximum absolute atomic E-state index is 12.7. The lowest BCUT2D eigenvalue weighted by molar-refractivity contribution is -0.134. The number of amides is 1. The molecule has 21 heavy (non-hydrogen) atoms. The number of hydrogen-bond donors (Lipinski definition) is 1. The molecule has 0 aromatic carbocycles. The lowest BCUT2D eigenvalue weighted by atomic mass is 10.0. The first-order valence-electron chi connectivity index (χ1n) is 8.51. The van der Waals surface area contributed by atoms with Gasteiger partial charge in [-0.2, -0.15) is 0 Å². The van der Waals surface area contributed by atoms with Crippen molar-refractivity contribution in [2.45, 2.75) is 25.7 Å². The number of hydrogen-bond acceptors (Lipinski definition) is 4. The standard InChI is InChI=1S/C16H28N2O3/c19-10-7-18(6-5-17-8-11-21-12-9-17)16(20)15-13-3-1-2-4-14(13)15/h13-15,19H,1-12H2/t13-,14-/m1/s1. The molecule has 0 aromatic rings. The lowest BCUT2D eigenvalue weighted by Crippen LogP contribution is -2.44. The van der Waals surface area contributed by atoms with Crippen molar-refractivity contribution < 1.29 is 14.6 Å². The van der Waals surface area contributed by atoms with Gasteiger partial charge < -0.3 is 14.7 Å². The van der Waals surface area contributed by atoms with Gasteiger partial charge in [0.25, 0.3) is 0 Å². The Morgan fingerprint density at radius 2 is 1.81 bits per heavy atom. The van der Waals surface area contributed by atoms with Crippen LogP contribution in [0.15, 0.2) is 0 Å². The minimum atomic E-state index is 0.0664. The summed E-state index contributed by atoms with van der Waals surface area (Å²) in [6, 6.07) is 0. The molecule has 120 valence electrons. The molecule has 1 amide bonds. The smallest absolute Gasteiger partial charge is 0.226 e. The molecule has 2 aliphatic carbocycles. The predicted molar refractivity (Wildman–Crippen MR) is 79.9 cm³/mol. The monoisotopic (exact) mass is 296 g/mol. The maximum atomic E-state index is 12.7. The molecule has 3 fully saturated rings. The quantitative estimate of drug-likeness (QED) is 0.779. The van der Waals surface area contributed by atoms with E-state index in [0.29, 0.717) is 24.3 Å². The van der Waals surface area contributed by atoms with Gasteiger partial charge in [0.1, 0.15) is 0 Å². The van der Waals surface area contributed by atoms with Gasteiger partial charge in [0.2, 0.25) is 5.91 Å². The highest BCUT2D eigenvalue weighted by Crippen LogP contribution is 2.56. The molecule has 3 rings (SSSR count). The van der Waals surface area contributed by atoms with Gasteiger partial charge in [0.05, 0.1) is 19.8 Å². The summed E-state index contributed by atoms with van der Waals surface area (Å²) in [6.45, 7) is 5.69. The van der Waals surface area contributed by atoms with Gasteiger partial charge in [0.15, 0.2) is 0 Å². The second-order valence-corrected chi connectivity index (χ2v) is 6.64. The largest absolute Gasteiger partial charge is 0.395 e. The molecule has 1 aliphatic heterocycles. The van der Waals surface area contributed by atoms with Crippen molar-refractivity contribution in [2.24, 2.45) is 17.8 Å². The van der Waals surface area contributed by atoms with E-state index in [9.17, 15) is 9.90 Å². The molecular formula is C16H28N2O3. The van der Waals surface area contributed by atoms with Crippen LogP contribution in [0, 0.1) is 17.8 Å². The third-order valence-corrected chi connectivity index (χ3v) is 5.41. The molecule has 1 N–H and O–H groups in total. The van der Waals surface area contributed by atoms with Crippen LogP contribution >= 0.6 is 0 Å². The minimum Gasteiger partial charge on any atom is -0.395 e. The van der Waals surface area contributed by atoms with E-state index in [1.165, 1.54) is 25.7 Å². The Balaban J connectivity index is 1.50. The fourth-order valence-electron chi connectivity index (χ4n) is 4.11. The third kappa shape index (κ3) is 3.58. The van der Waals surface area contributed by atoms with Gasteiger partial charge in [-0.1, -0.05) is 12.8 Å². The first-order valence-corrected chi connectivity index (χ1v) is 8.51. The van der Waals surface area contributed by atoms with Crippen LogP contribution in [0.1, 0.15) is 25.7 Å². The summed E-state index contributed by atoms with van der Waals surface area (Å²) < 4.78 is 5.35. The third-order valence-electron chi connectivity index (χ3n) is 5.41. The van der Waals surface area contributed by atoms with Crippen LogP contribution in [0.2, 0.25) is 0 Å².